The Morgan fingerprint density at radius 2 is 1.88 bits per heavy atom. The summed E-state index contributed by atoms with van der Waals surface area (Å²) in [4.78, 5) is 55.6. The topological polar surface area (TPSA) is 92.1 Å². The maximum Gasteiger partial charge on any atom is 0.334 e. The Bertz CT molecular complexity index is 912. The van der Waals surface area contributed by atoms with Gasteiger partial charge in [0.05, 0.1) is 12.2 Å². The molecule has 2 fully saturated rings. The van der Waals surface area contributed by atoms with Crippen molar-refractivity contribution in [3.63, 3.8) is 0 Å². The number of thiazole rings is 1. The number of urea groups is 1. The standard InChI is InChI=1S/C15H14N4O4S/c20-11-7-9(16-14-17(11)5-6-24-14)8-18-12(21)13(22)19(15(18)23)10-3-1-2-4-10/h5-7,10H,1-4,8H2. The lowest BCUT2D eigenvalue weighted by atomic mass is 10.2. The monoisotopic (exact) mass is 346 g/mol. The van der Waals surface area contributed by atoms with Gasteiger partial charge in [-0.25, -0.2) is 14.7 Å². The van der Waals surface area contributed by atoms with Gasteiger partial charge in [0.15, 0.2) is 4.96 Å². The largest absolute Gasteiger partial charge is 0.334 e. The number of carbonyl (C=O) groups is 3. The molecule has 2 aromatic rings. The van der Waals surface area contributed by atoms with Gasteiger partial charge in [0.2, 0.25) is 0 Å². The molecule has 9 heteroatoms. The zero-order valence-corrected chi connectivity index (χ0v) is 13.5. The average Bonchev–Trinajstić information content (AvgIpc) is 3.26. The molecule has 0 unspecified atom stereocenters. The van der Waals surface area contributed by atoms with Crippen LogP contribution in [0.15, 0.2) is 22.4 Å². The second kappa shape index (κ2) is 5.52. The molecule has 0 atom stereocenters. The number of fused-ring (bicyclic) bond motifs is 1. The molecule has 1 saturated carbocycles. The summed E-state index contributed by atoms with van der Waals surface area (Å²) in [6.07, 6.45) is 4.97. The molecule has 0 N–H and O–H groups in total. The van der Waals surface area contributed by atoms with Gasteiger partial charge >= 0.3 is 17.8 Å². The van der Waals surface area contributed by atoms with Crippen LogP contribution in [0.25, 0.3) is 4.96 Å². The van der Waals surface area contributed by atoms with Crippen molar-refractivity contribution >= 4 is 34.1 Å². The lowest BCUT2D eigenvalue weighted by Crippen LogP contribution is -2.39. The summed E-state index contributed by atoms with van der Waals surface area (Å²) in [5, 5.41) is 1.73. The fourth-order valence-corrected chi connectivity index (χ4v) is 4.02. The van der Waals surface area contributed by atoms with Crippen LogP contribution < -0.4 is 5.56 Å². The Kier molecular flexibility index (Phi) is 3.45. The Morgan fingerprint density at radius 1 is 1.12 bits per heavy atom. The van der Waals surface area contributed by atoms with E-state index in [1.54, 1.807) is 11.6 Å². The molecule has 0 radical (unpaired) electrons. The first-order valence-corrected chi connectivity index (χ1v) is 8.59. The highest BCUT2D eigenvalue weighted by atomic mass is 32.1. The van der Waals surface area contributed by atoms with Gasteiger partial charge in [-0.05, 0) is 12.8 Å². The zero-order valence-electron chi connectivity index (χ0n) is 12.7. The fraction of sp³-hybridized carbons (Fsp3) is 0.400. The second-order valence-corrected chi connectivity index (χ2v) is 6.80. The fourth-order valence-electron chi connectivity index (χ4n) is 3.28. The van der Waals surface area contributed by atoms with Crippen molar-refractivity contribution in [2.24, 2.45) is 0 Å². The van der Waals surface area contributed by atoms with Gasteiger partial charge < -0.3 is 0 Å². The number of nitrogens with zero attached hydrogens (tertiary/aromatic N) is 4. The quantitative estimate of drug-likeness (QED) is 0.610. The van der Waals surface area contributed by atoms with Crippen LogP contribution in [-0.2, 0) is 16.1 Å². The highest BCUT2D eigenvalue weighted by molar-refractivity contribution is 7.15. The van der Waals surface area contributed by atoms with Crippen molar-refractivity contribution in [2.75, 3.05) is 0 Å². The van der Waals surface area contributed by atoms with Gasteiger partial charge in [-0.15, -0.1) is 11.3 Å². The minimum atomic E-state index is -0.847. The Balaban J connectivity index is 1.63. The molecule has 3 heterocycles. The molecule has 0 aromatic carbocycles. The van der Waals surface area contributed by atoms with Crippen LogP contribution in [0.5, 0.6) is 0 Å². The van der Waals surface area contributed by atoms with E-state index in [2.05, 4.69) is 4.98 Å². The second-order valence-electron chi connectivity index (χ2n) is 5.93. The first kappa shape index (κ1) is 15.0. The van der Waals surface area contributed by atoms with E-state index in [1.807, 2.05) is 0 Å². The summed E-state index contributed by atoms with van der Waals surface area (Å²) < 4.78 is 1.39. The minimum Gasteiger partial charge on any atom is -0.269 e. The molecule has 2 aromatic heterocycles. The number of hydrogen-bond acceptors (Lipinski definition) is 6. The summed E-state index contributed by atoms with van der Waals surface area (Å²) in [6.45, 7) is -0.170. The molecule has 1 aliphatic heterocycles. The number of aromatic nitrogens is 2. The number of imide groups is 2. The van der Waals surface area contributed by atoms with Crippen LogP contribution in [0.1, 0.15) is 31.4 Å². The molecule has 1 saturated heterocycles. The van der Waals surface area contributed by atoms with Crippen molar-refractivity contribution < 1.29 is 14.4 Å². The smallest absolute Gasteiger partial charge is 0.269 e. The van der Waals surface area contributed by atoms with Crippen molar-refractivity contribution in [1.82, 2.24) is 19.2 Å². The molecule has 8 nitrogen and oxygen atoms in total. The van der Waals surface area contributed by atoms with E-state index in [0.29, 0.717) is 10.7 Å². The van der Waals surface area contributed by atoms with Crippen LogP contribution in [0.4, 0.5) is 4.79 Å². The Hall–Kier alpha value is -2.55. The predicted octanol–water partition coefficient (Wildman–Crippen LogP) is 0.989. The van der Waals surface area contributed by atoms with Gasteiger partial charge in [0, 0.05) is 23.7 Å². The molecular formula is C15H14N4O4S. The van der Waals surface area contributed by atoms with Gasteiger partial charge in [0.25, 0.3) is 5.56 Å². The van der Waals surface area contributed by atoms with Crippen LogP contribution >= 0.6 is 11.3 Å². The van der Waals surface area contributed by atoms with E-state index >= 15 is 0 Å². The molecule has 124 valence electrons. The minimum absolute atomic E-state index is 0.170. The lowest BCUT2D eigenvalue weighted by Gasteiger charge is -2.20. The molecular weight excluding hydrogens is 332 g/mol. The van der Waals surface area contributed by atoms with Crippen LogP contribution in [-0.4, -0.2) is 43.1 Å². The first-order chi connectivity index (χ1) is 11.6. The summed E-state index contributed by atoms with van der Waals surface area (Å²) in [7, 11) is 0. The van der Waals surface area contributed by atoms with E-state index in [-0.39, 0.29) is 18.1 Å². The molecule has 0 bridgehead atoms. The first-order valence-electron chi connectivity index (χ1n) is 7.71. The van der Waals surface area contributed by atoms with E-state index in [4.69, 9.17) is 0 Å². The molecule has 4 rings (SSSR count). The van der Waals surface area contributed by atoms with Crippen LogP contribution in [0.2, 0.25) is 0 Å². The summed E-state index contributed by atoms with van der Waals surface area (Å²) in [5.74, 6) is -1.62. The van der Waals surface area contributed by atoms with E-state index in [1.165, 1.54) is 21.8 Å². The summed E-state index contributed by atoms with van der Waals surface area (Å²) >= 11 is 1.28. The van der Waals surface area contributed by atoms with Gasteiger partial charge in [-0.3, -0.25) is 23.7 Å². The van der Waals surface area contributed by atoms with E-state index in [0.717, 1.165) is 35.5 Å². The third kappa shape index (κ3) is 2.23. The van der Waals surface area contributed by atoms with Gasteiger partial charge in [0.1, 0.15) is 0 Å². The number of amides is 4. The van der Waals surface area contributed by atoms with Crippen LogP contribution in [0, 0.1) is 0 Å². The maximum absolute atomic E-state index is 12.5. The van der Waals surface area contributed by atoms with E-state index in [9.17, 15) is 19.2 Å². The number of carbonyl (C=O) groups excluding carboxylic acids is 3. The van der Waals surface area contributed by atoms with Crippen molar-refractivity contribution in [2.45, 2.75) is 38.3 Å². The highest BCUT2D eigenvalue weighted by Gasteiger charge is 2.48. The van der Waals surface area contributed by atoms with Crippen molar-refractivity contribution in [1.29, 1.82) is 0 Å². The molecule has 1 aliphatic carbocycles. The summed E-state index contributed by atoms with van der Waals surface area (Å²) in [5.41, 5.74) is 0.0135. The van der Waals surface area contributed by atoms with Gasteiger partial charge in [-0.1, -0.05) is 12.8 Å². The zero-order chi connectivity index (χ0) is 16.8. The maximum atomic E-state index is 12.5. The summed E-state index contributed by atoms with van der Waals surface area (Å²) in [6, 6.07) is 0.477. The lowest BCUT2D eigenvalue weighted by molar-refractivity contribution is -0.144. The third-order valence-electron chi connectivity index (χ3n) is 4.45. The molecule has 2 aliphatic rings. The van der Waals surface area contributed by atoms with Crippen molar-refractivity contribution in [3.05, 3.63) is 33.7 Å². The van der Waals surface area contributed by atoms with E-state index < -0.39 is 17.8 Å². The molecule has 0 spiro atoms. The normalized spacial score (nSPS) is 19.2. The number of rotatable bonds is 3. The van der Waals surface area contributed by atoms with Gasteiger partial charge in [-0.2, -0.15) is 0 Å². The Morgan fingerprint density at radius 3 is 2.62 bits per heavy atom. The van der Waals surface area contributed by atoms with Crippen molar-refractivity contribution in [3.8, 4) is 0 Å². The SMILES string of the molecule is O=C1C(=O)N(C2CCCC2)C(=O)N1Cc1cc(=O)n2ccsc2n1. The third-order valence-corrected chi connectivity index (χ3v) is 5.21. The Labute approximate surface area is 140 Å². The predicted molar refractivity (Wildman–Crippen MR) is 84.4 cm³/mol. The molecule has 24 heavy (non-hydrogen) atoms. The number of hydrogen-bond donors (Lipinski definition) is 0. The average molecular weight is 346 g/mol. The van der Waals surface area contributed by atoms with Crippen LogP contribution in [0.3, 0.4) is 0 Å². The molecule has 4 amide bonds. The highest BCUT2D eigenvalue weighted by Crippen LogP contribution is 2.28.